The molecule has 5 aromatic rings. The third-order valence-corrected chi connectivity index (χ3v) is 6.85. The molecule has 2 aromatic carbocycles. The fraction of sp³-hybridized carbons (Fsp3) is 0.269. The van der Waals surface area contributed by atoms with E-state index >= 15 is 0 Å². The second-order valence-electron chi connectivity index (χ2n) is 9.04. The molecule has 1 aliphatic heterocycles. The lowest BCUT2D eigenvalue weighted by molar-refractivity contribution is -0.140. The Morgan fingerprint density at radius 1 is 1.00 bits per heavy atom. The maximum atomic E-state index is 12.0. The first-order valence-electron chi connectivity index (χ1n) is 12.2. The number of para-hydroxylation sites is 1. The first kappa shape index (κ1) is 22.8. The lowest BCUT2D eigenvalue weighted by Gasteiger charge is -2.36. The molecule has 0 spiro atoms. The molecule has 1 atom stereocenters. The molecule has 6 rings (SSSR count). The minimum absolute atomic E-state index is 0.242. The summed E-state index contributed by atoms with van der Waals surface area (Å²) in [6.45, 7) is 4.68. The Morgan fingerprint density at radius 2 is 1.73 bits per heavy atom. The first-order chi connectivity index (χ1) is 18.0. The van der Waals surface area contributed by atoms with Gasteiger partial charge in [0.05, 0.1) is 18.0 Å². The van der Waals surface area contributed by atoms with Crippen LogP contribution in [-0.2, 0) is 4.79 Å². The van der Waals surface area contributed by atoms with E-state index in [2.05, 4.69) is 19.9 Å². The number of hydrogen-bond acceptors (Lipinski definition) is 8. The number of carboxylic acids is 1. The highest BCUT2D eigenvalue weighted by Crippen LogP contribution is 2.28. The van der Waals surface area contributed by atoms with E-state index in [4.69, 9.17) is 9.97 Å². The molecule has 0 saturated carbocycles. The number of phenols is 1. The summed E-state index contributed by atoms with van der Waals surface area (Å²) in [7, 11) is 0. The Kier molecular flexibility index (Phi) is 5.59. The van der Waals surface area contributed by atoms with Gasteiger partial charge in [-0.05, 0) is 36.8 Å². The minimum Gasteiger partial charge on any atom is -0.508 e. The zero-order valence-electron chi connectivity index (χ0n) is 20.3. The molecule has 37 heavy (non-hydrogen) atoms. The Balaban J connectivity index is 1.42. The van der Waals surface area contributed by atoms with Crippen LogP contribution in [0.15, 0.2) is 61.1 Å². The predicted molar refractivity (Wildman–Crippen MR) is 139 cm³/mol. The van der Waals surface area contributed by atoms with Crippen molar-refractivity contribution in [3.8, 4) is 11.6 Å². The number of piperazine rings is 1. The number of aromatic nitrogens is 6. The van der Waals surface area contributed by atoms with Crippen LogP contribution in [-0.4, -0.2) is 71.7 Å². The summed E-state index contributed by atoms with van der Waals surface area (Å²) in [6.07, 6.45) is 3.71. The number of rotatable bonds is 6. The number of fused-ring (bicyclic) bond motifs is 2. The second kappa shape index (κ2) is 9.08. The number of aliphatic carboxylic acids is 1. The molecule has 11 heteroatoms. The van der Waals surface area contributed by atoms with Gasteiger partial charge in [0.2, 0.25) is 5.95 Å². The number of phenolic OH excluding ortho intramolecular Hbond substituents is 1. The molecule has 1 saturated heterocycles. The largest absolute Gasteiger partial charge is 0.508 e. The van der Waals surface area contributed by atoms with Gasteiger partial charge in [-0.15, -0.1) is 0 Å². The van der Waals surface area contributed by atoms with Gasteiger partial charge >= 0.3 is 5.97 Å². The van der Waals surface area contributed by atoms with Gasteiger partial charge < -0.3 is 24.6 Å². The molecule has 1 fully saturated rings. The molecule has 0 bridgehead atoms. The van der Waals surface area contributed by atoms with E-state index in [0.29, 0.717) is 42.4 Å². The number of nitrogens with zero attached hydrogens (tertiary/aromatic N) is 8. The van der Waals surface area contributed by atoms with Crippen LogP contribution in [0.2, 0.25) is 0 Å². The zero-order valence-corrected chi connectivity index (χ0v) is 20.3. The van der Waals surface area contributed by atoms with Crippen molar-refractivity contribution in [1.82, 2.24) is 29.3 Å². The lowest BCUT2D eigenvalue weighted by Crippen LogP contribution is -2.47. The van der Waals surface area contributed by atoms with Crippen LogP contribution in [0.3, 0.4) is 0 Å². The van der Waals surface area contributed by atoms with Gasteiger partial charge in [0.1, 0.15) is 11.8 Å². The monoisotopic (exact) mass is 498 g/mol. The first-order valence-corrected chi connectivity index (χ1v) is 12.2. The predicted octanol–water partition coefficient (Wildman–Crippen LogP) is 3.23. The normalized spacial score (nSPS) is 14.9. The third-order valence-electron chi connectivity index (χ3n) is 6.85. The Bertz CT molecular complexity index is 1590. The van der Waals surface area contributed by atoms with Crippen LogP contribution < -0.4 is 9.80 Å². The van der Waals surface area contributed by atoms with E-state index < -0.39 is 12.0 Å². The molecule has 3 aromatic heterocycles. The molecule has 1 aliphatic rings. The summed E-state index contributed by atoms with van der Waals surface area (Å²) in [5, 5.41) is 25.0. The number of aromatic hydroxyl groups is 1. The number of carbonyl (C=O) groups is 1. The van der Waals surface area contributed by atoms with Crippen LogP contribution >= 0.6 is 0 Å². The molecule has 4 heterocycles. The summed E-state index contributed by atoms with van der Waals surface area (Å²) < 4.78 is 3.36. The number of carboxylic acid groups (broad SMARTS) is 1. The van der Waals surface area contributed by atoms with Crippen LogP contribution in [0.1, 0.15) is 19.4 Å². The van der Waals surface area contributed by atoms with Crippen molar-refractivity contribution >= 4 is 39.7 Å². The van der Waals surface area contributed by atoms with Gasteiger partial charge in [-0.2, -0.15) is 15.1 Å². The van der Waals surface area contributed by atoms with Gasteiger partial charge in [-0.3, -0.25) is 0 Å². The molecule has 1 unspecified atom stereocenters. The number of benzene rings is 2. The second-order valence-corrected chi connectivity index (χ2v) is 9.04. The highest BCUT2D eigenvalue weighted by Gasteiger charge is 2.26. The zero-order chi connectivity index (χ0) is 25.5. The van der Waals surface area contributed by atoms with Gasteiger partial charge in [-0.1, -0.05) is 25.1 Å². The molecule has 0 aliphatic carbocycles. The summed E-state index contributed by atoms with van der Waals surface area (Å²) in [6, 6.07) is 14.2. The minimum atomic E-state index is -0.935. The van der Waals surface area contributed by atoms with E-state index in [0.717, 1.165) is 29.7 Å². The summed E-state index contributed by atoms with van der Waals surface area (Å²) >= 11 is 0. The Hall–Kier alpha value is -4.67. The fourth-order valence-electron chi connectivity index (χ4n) is 4.87. The van der Waals surface area contributed by atoms with Gasteiger partial charge in [0, 0.05) is 37.3 Å². The van der Waals surface area contributed by atoms with Crippen LogP contribution in [0.25, 0.3) is 27.9 Å². The fourth-order valence-corrected chi connectivity index (χ4v) is 4.87. The molecular weight excluding hydrogens is 472 g/mol. The van der Waals surface area contributed by atoms with Crippen molar-refractivity contribution in [1.29, 1.82) is 0 Å². The summed E-state index contributed by atoms with van der Waals surface area (Å²) in [5.74, 6) is 0.331. The Labute approximate surface area is 212 Å². The lowest BCUT2D eigenvalue weighted by atomic mass is 10.2. The number of imidazole rings is 1. The number of anilines is 2. The molecule has 0 radical (unpaired) electrons. The number of hydrogen-bond donors (Lipinski definition) is 2. The quantitative estimate of drug-likeness (QED) is 0.363. The molecule has 2 N–H and O–H groups in total. The third kappa shape index (κ3) is 3.98. The van der Waals surface area contributed by atoms with Crippen molar-refractivity contribution in [3.63, 3.8) is 0 Å². The van der Waals surface area contributed by atoms with Gasteiger partial charge in [0.15, 0.2) is 17.0 Å². The van der Waals surface area contributed by atoms with Crippen molar-refractivity contribution in [2.45, 2.75) is 19.4 Å². The highest BCUT2D eigenvalue weighted by molar-refractivity contribution is 5.86. The van der Waals surface area contributed by atoms with Crippen molar-refractivity contribution in [3.05, 3.63) is 61.1 Å². The van der Waals surface area contributed by atoms with Crippen molar-refractivity contribution in [2.24, 2.45) is 0 Å². The maximum absolute atomic E-state index is 12.0. The SMILES string of the molecule is CCC(C(=O)O)n1cnc2c(-n3ncc4ccccc43)nc(N3CCN(c4ccc(O)cc4)CC3)nc21. The van der Waals surface area contributed by atoms with Crippen LogP contribution in [0, 0.1) is 0 Å². The van der Waals surface area contributed by atoms with E-state index in [1.807, 2.05) is 43.3 Å². The molecule has 0 amide bonds. The summed E-state index contributed by atoms with van der Waals surface area (Å²) in [4.78, 5) is 30.6. The van der Waals surface area contributed by atoms with Crippen LogP contribution in [0.4, 0.5) is 11.6 Å². The average molecular weight is 499 g/mol. The van der Waals surface area contributed by atoms with Crippen molar-refractivity contribution < 1.29 is 15.0 Å². The molecule has 188 valence electrons. The smallest absolute Gasteiger partial charge is 0.326 e. The standard InChI is InChI=1S/C26H26N8O3/c1-2-20(25(36)37)33-16-27-22-23(33)29-26(30-24(22)34-21-6-4-3-5-17(21)15-28-34)32-13-11-31(12-14-32)18-7-9-19(35)10-8-18/h3-10,15-16,20,35H,2,11-14H2,1H3,(H,36,37). The van der Waals surface area contributed by atoms with E-state index in [9.17, 15) is 15.0 Å². The van der Waals surface area contributed by atoms with E-state index in [1.54, 1.807) is 27.6 Å². The molecule has 11 nitrogen and oxygen atoms in total. The van der Waals surface area contributed by atoms with Crippen LogP contribution in [0.5, 0.6) is 5.75 Å². The van der Waals surface area contributed by atoms with Gasteiger partial charge in [-0.25, -0.2) is 14.5 Å². The highest BCUT2D eigenvalue weighted by atomic mass is 16.4. The van der Waals surface area contributed by atoms with E-state index in [1.165, 1.54) is 6.33 Å². The Morgan fingerprint density at radius 3 is 2.46 bits per heavy atom. The molecular formula is C26H26N8O3. The van der Waals surface area contributed by atoms with Gasteiger partial charge in [0.25, 0.3) is 0 Å². The average Bonchev–Trinajstić information content (AvgIpc) is 3.54. The maximum Gasteiger partial charge on any atom is 0.326 e. The topological polar surface area (TPSA) is 125 Å². The summed E-state index contributed by atoms with van der Waals surface area (Å²) in [5.41, 5.74) is 2.89. The van der Waals surface area contributed by atoms with Crippen molar-refractivity contribution in [2.75, 3.05) is 36.0 Å². The van der Waals surface area contributed by atoms with E-state index in [-0.39, 0.29) is 5.75 Å².